The Morgan fingerprint density at radius 2 is 1.62 bits per heavy atom. The molecule has 4 heteroatoms. The number of hydrogen-bond acceptors (Lipinski definition) is 4. The van der Waals surface area contributed by atoms with E-state index in [2.05, 4.69) is 20.8 Å². The maximum Gasteiger partial charge on any atom is 0.0533 e. The third kappa shape index (κ3) is 3.06. The zero-order valence-corrected chi connectivity index (χ0v) is 11.0. The lowest BCUT2D eigenvalue weighted by Gasteiger charge is -2.21. The molecule has 16 heavy (non-hydrogen) atoms. The number of hydrogen-bond donors (Lipinski definition) is 3. The average molecular weight is 239 g/mol. The highest BCUT2D eigenvalue weighted by molar-refractivity contribution is 7.99. The van der Waals surface area contributed by atoms with Crippen molar-refractivity contribution >= 4 is 23.1 Å². The van der Waals surface area contributed by atoms with E-state index >= 15 is 0 Å². The van der Waals surface area contributed by atoms with Crippen molar-refractivity contribution in [1.29, 1.82) is 0 Å². The summed E-state index contributed by atoms with van der Waals surface area (Å²) in [6.07, 6.45) is 0. The first-order valence-electron chi connectivity index (χ1n) is 5.38. The lowest BCUT2D eigenvalue weighted by molar-refractivity contribution is 0.590. The van der Waals surface area contributed by atoms with Crippen LogP contribution in [0.5, 0.6) is 0 Å². The van der Waals surface area contributed by atoms with Gasteiger partial charge in [0.25, 0.3) is 0 Å². The Hall–Kier alpha value is -0.870. The molecule has 0 bridgehead atoms. The lowest BCUT2D eigenvalue weighted by Crippen LogP contribution is -2.13. The van der Waals surface area contributed by atoms with Crippen LogP contribution in [0, 0.1) is 0 Å². The summed E-state index contributed by atoms with van der Waals surface area (Å²) >= 11 is 1.62. The van der Waals surface area contributed by atoms with Crippen LogP contribution in [0.1, 0.15) is 26.3 Å². The molecule has 6 N–H and O–H groups in total. The molecule has 3 nitrogen and oxygen atoms in total. The van der Waals surface area contributed by atoms with E-state index in [-0.39, 0.29) is 5.41 Å². The summed E-state index contributed by atoms with van der Waals surface area (Å²) in [6.45, 7) is 7.07. The number of anilines is 2. The highest BCUT2D eigenvalue weighted by Crippen LogP contribution is 2.35. The van der Waals surface area contributed by atoms with Crippen LogP contribution in [-0.2, 0) is 5.41 Å². The normalized spacial score (nSPS) is 11.8. The first-order chi connectivity index (χ1) is 7.36. The van der Waals surface area contributed by atoms with Gasteiger partial charge in [-0.05, 0) is 23.1 Å². The summed E-state index contributed by atoms with van der Waals surface area (Å²) in [5.74, 6) is 0.837. The standard InChI is InChI=1S/C12H21N3S/c1-12(2,3)8-6-9(14)11(10(15)7-8)16-5-4-13/h6-7H,4-5,13-15H2,1-3H3. The molecule has 0 fully saturated rings. The third-order valence-corrected chi connectivity index (χ3v) is 3.58. The Balaban J connectivity index is 3.08. The van der Waals surface area contributed by atoms with Gasteiger partial charge in [-0.25, -0.2) is 0 Å². The van der Waals surface area contributed by atoms with Gasteiger partial charge in [0, 0.05) is 23.7 Å². The summed E-state index contributed by atoms with van der Waals surface area (Å²) in [4.78, 5) is 0.957. The van der Waals surface area contributed by atoms with Crippen LogP contribution in [-0.4, -0.2) is 12.3 Å². The second-order valence-electron chi connectivity index (χ2n) is 4.87. The monoisotopic (exact) mass is 239 g/mol. The van der Waals surface area contributed by atoms with Crippen LogP contribution in [0.2, 0.25) is 0 Å². The van der Waals surface area contributed by atoms with Crippen LogP contribution in [0.3, 0.4) is 0 Å². The van der Waals surface area contributed by atoms with Crippen LogP contribution in [0.25, 0.3) is 0 Å². The van der Waals surface area contributed by atoms with Gasteiger partial charge in [0.05, 0.1) is 4.90 Å². The molecule has 0 atom stereocenters. The van der Waals surface area contributed by atoms with E-state index in [4.69, 9.17) is 17.2 Å². The quantitative estimate of drug-likeness (QED) is 0.558. The van der Waals surface area contributed by atoms with E-state index in [1.165, 1.54) is 5.56 Å². The van der Waals surface area contributed by atoms with Gasteiger partial charge < -0.3 is 17.2 Å². The zero-order valence-electron chi connectivity index (χ0n) is 10.2. The Kier molecular flexibility index (Phi) is 4.10. The molecule has 1 rings (SSSR count). The highest BCUT2D eigenvalue weighted by Gasteiger charge is 2.16. The van der Waals surface area contributed by atoms with Gasteiger partial charge in [-0.15, -0.1) is 11.8 Å². The molecule has 0 aromatic heterocycles. The molecule has 0 heterocycles. The topological polar surface area (TPSA) is 78.1 Å². The van der Waals surface area contributed by atoms with E-state index in [1.54, 1.807) is 11.8 Å². The summed E-state index contributed by atoms with van der Waals surface area (Å²) < 4.78 is 0. The van der Waals surface area contributed by atoms with Gasteiger partial charge in [-0.3, -0.25) is 0 Å². The van der Waals surface area contributed by atoms with E-state index in [0.29, 0.717) is 6.54 Å². The molecule has 0 amide bonds. The van der Waals surface area contributed by atoms with E-state index in [0.717, 1.165) is 22.0 Å². The van der Waals surface area contributed by atoms with Gasteiger partial charge in [-0.1, -0.05) is 20.8 Å². The number of rotatable bonds is 3. The predicted octanol–water partition coefficient (Wildman–Crippen LogP) is 2.20. The van der Waals surface area contributed by atoms with Crippen molar-refractivity contribution in [2.75, 3.05) is 23.8 Å². The molecule has 1 aromatic rings. The Bertz CT molecular complexity index is 346. The van der Waals surface area contributed by atoms with Crippen LogP contribution in [0.4, 0.5) is 11.4 Å². The Labute approximate surface area is 102 Å². The van der Waals surface area contributed by atoms with Crippen molar-refractivity contribution < 1.29 is 0 Å². The first-order valence-corrected chi connectivity index (χ1v) is 6.37. The molecule has 0 aliphatic heterocycles. The fourth-order valence-electron chi connectivity index (χ4n) is 1.44. The molecule has 0 saturated heterocycles. The maximum absolute atomic E-state index is 6.02. The minimum Gasteiger partial charge on any atom is -0.398 e. The van der Waals surface area contributed by atoms with Crippen LogP contribution >= 0.6 is 11.8 Å². The van der Waals surface area contributed by atoms with Crippen molar-refractivity contribution in [3.05, 3.63) is 17.7 Å². The summed E-state index contributed by atoms with van der Waals surface area (Å²) in [5, 5.41) is 0. The highest BCUT2D eigenvalue weighted by atomic mass is 32.2. The minimum atomic E-state index is 0.0688. The van der Waals surface area contributed by atoms with E-state index in [1.807, 2.05) is 12.1 Å². The lowest BCUT2D eigenvalue weighted by atomic mass is 9.86. The SMILES string of the molecule is CC(C)(C)c1cc(N)c(SCCN)c(N)c1. The van der Waals surface area contributed by atoms with Crippen molar-refractivity contribution in [3.63, 3.8) is 0 Å². The zero-order chi connectivity index (χ0) is 12.3. The van der Waals surface area contributed by atoms with Crippen molar-refractivity contribution in [2.24, 2.45) is 5.73 Å². The summed E-state index contributed by atoms with van der Waals surface area (Å²) in [7, 11) is 0. The first kappa shape index (κ1) is 13.2. The molecular weight excluding hydrogens is 218 g/mol. The van der Waals surface area contributed by atoms with Gasteiger partial charge in [0.2, 0.25) is 0 Å². The average Bonchev–Trinajstić information content (AvgIpc) is 2.15. The Morgan fingerprint density at radius 1 is 1.12 bits per heavy atom. The number of thioether (sulfide) groups is 1. The van der Waals surface area contributed by atoms with Crippen molar-refractivity contribution in [3.8, 4) is 0 Å². The van der Waals surface area contributed by atoms with Crippen LogP contribution < -0.4 is 17.2 Å². The fourth-order valence-corrected chi connectivity index (χ4v) is 2.21. The van der Waals surface area contributed by atoms with Crippen molar-refractivity contribution in [1.82, 2.24) is 0 Å². The number of benzene rings is 1. The van der Waals surface area contributed by atoms with Crippen molar-refractivity contribution in [2.45, 2.75) is 31.1 Å². The van der Waals surface area contributed by atoms with Gasteiger partial charge >= 0.3 is 0 Å². The molecule has 1 aromatic carbocycles. The largest absolute Gasteiger partial charge is 0.398 e. The number of nitrogens with two attached hydrogens (primary N) is 3. The smallest absolute Gasteiger partial charge is 0.0533 e. The molecule has 0 radical (unpaired) electrons. The van der Waals surface area contributed by atoms with Gasteiger partial charge in [0.1, 0.15) is 0 Å². The van der Waals surface area contributed by atoms with E-state index in [9.17, 15) is 0 Å². The van der Waals surface area contributed by atoms with Gasteiger partial charge in [-0.2, -0.15) is 0 Å². The molecular formula is C12H21N3S. The molecule has 0 aliphatic carbocycles. The molecule has 0 spiro atoms. The van der Waals surface area contributed by atoms with Gasteiger partial charge in [0.15, 0.2) is 0 Å². The minimum absolute atomic E-state index is 0.0688. The molecule has 0 aliphatic rings. The molecule has 0 saturated carbocycles. The van der Waals surface area contributed by atoms with Crippen LogP contribution in [0.15, 0.2) is 17.0 Å². The summed E-state index contributed by atoms with van der Waals surface area (Å²) in [6, 6.07) is 4.02. The number of nitrogen functional groups attached to an aromatic ring is 2. The predicted molar refractivity (Wildman–Crippen MR) is 73.7 cm³/mol. The second kappa shape index (κ2) is 4.97. The second-order valence-corrected chi connectivity index (χ2v) is 5.98. The molecule has 0 unspecified atom stereocenters. The fraction of sp³-hybridized carbons (Fsp3) is 0.500. The summed E-state index contributed by atoms with van der Waals surface area (Å²) in [5.41, 5.74) is 20.3. The van der Waals surface area contributed by atoms with E-state index < -0.39 is 0 Å². The maximum atomic E-state index is 6.02. The third-order valence-electron chi connectivity index (χ3n) is 2.38. The Morgan fingerprint density at radius 3 is 2.00 bits per heavy atom. The molecule has 90 valence electrons.